The van der Waals surface area contributed by atoms with Gasteiger partial charge in [-0.1, -0.05) is 0 Å². The van der Waals surface area contributed by atoms with Gasteiger partial charge in [-0.2, -0.15) is 5.10 Å². The molecule has 0 radical (unpaired) electrons. The van der Waals surface area contributed by atoms with Crippen molar-refractivity contribution < 1.29 is 14.7 Å². The molecule has 0 aliphatic rings. The van der Waals surface area contributed by atoms with Crippen molar-refractivity contribution in [3.8, 4) is 0 Å². The first-order valence-electron chi connectivity index (χ1n) is 5.12. The lowest BCUT2D eigenvalue weighted by Gasteiger charge is -2.03. The van der Waals surface area contributed by atoms with Gasteiger partial charge in [0.25, 0.3) is 5.91 Å². The number of carbonyl (C=O) groups is 2. The molecule has 2 rings (SSSR count). The van der Waals surface area contributed by atoms with Gasteiger partial charge in [0.15, 0.2) is 0 Å². The molecule has 7 nitrogen and oxygen atoms in total. The third-order valence-corrected chi connectivity index (χ3v) is 2.25. The number of nitrogens with zero attached hydrogens (tertiary/aromatic N) is 2. The van der Waals surface area contributed by atoms with Crippen LogP contribution in [0.15, 0.2) is 30.7 Å². The van der Waals surface area contributed by atoms with Crippen LogP contribution in [-0.2, 0) is 6.54 Å². The van der Waals surface area contributed by atoms with Crippen LogP contribution >= 0.6 is 0 Å². The van der Waals surface area contributed by atoms with E-state index in [1.165, 1.54) is 18.3 Å². The van der Waals surface area contributed by atoms with Crippen LogP contribution in [0, 0.1) is 0 Å². The third-order valence-electron chi connectivity index (χ3n) is 2.25. The number of carboxylic acids is 1. The summed E-state index contributed by atoms with van der Waals surface area (Å²) in [6.45, 7) is 0.343. The van der Waals surface area contributed by atoms with Crippen LogP contribution in [0.1, 0.15) is 26.4 Å². The molecule has 0 saturated heterocycles. The van der Waals surface area contributed by atoms with Gasteiger partial charge in [-0.3, -0.25) is 9.89 Å². The summed E-state index contributed by atoms with van der Waals surface area (Å²) < 4.78 is 0. The first kappa shape index (κ1) is 11.8. The Hall–Kier alpha value is -2.70. The van der Waals surface area contributed by atoms with E-state index < -0.39 is 5.97 Å². The Balaban J connectivity index is 1.98. The number of pyridine rings is 1. The summed E-state index contributed by atoms with van der Waals surface area (Å²) >= 11 is 0. The van der Waals surface area contributed by atoms with E-state index in [0.29, 0.717) is 12.1 Å². The van der Waals surface area contributed by atoms with Crippen LogP contribution in [0.2, 0.25) is 0 Å². The van der Waals surface area contributed by atoms with Crippen molar-refractivity contribution in [2.24, 2.45) is 0 Å². The van der Waals surface area contributed by atoms with Crippen LogP contribution in [0.4, 0.5) is 0 Å². The average molecular weight is 246 g/mol. The second kappa shape index (κ2) is 5.09. The molecule has 0 atom stereocenters. The molecule has 0 aliphatic carbocycles. The maximum absolute atomic E-state index is 11.7. The van der Waals surface area contributed by atoms with E-state index in [-0.39, 0.29) is 11.6 Å². The van der Waals surface area contributed by atoms with Crippen molar-refractivity contribution in [3.05, 3.63) is 47.5 Å². The summed E-state index contributed by atoms with van der Waals surface area (Å²) in [5.74, 6) is -1.44. The summed E-state index contributed by atoms with van der Waals surface area (Å²) in [5, 5.41) is 17.7. The predicted molar refractivity (Wildman–Crippen MR) is 61.0 cm³/mol. The smallest absolute Gasteiger partial charge is 0.354 e. The Morgan fingerprint density at radius 1 is 1.33 bits per heavy atom. The maximum Gasteiger partial charge on any atom is 0.354 e. The Morgan fingerprint density at radius 3 is 2.72 bits per heavy atom. The van der Waals surface area contributed by atoms with E-state index in [1.807, 2.05) is 0 Å². The minimum atomic E-state index is -1.12. The molecule has 3 N–H and O–H groups in total. The number of H-pyrrole nitrogens is 1. The normalized spacial score (nSPS) is 10.0. The molecule has 0 aromatic carbocycles. The molecule has 18 heavy (non-hydrogen) atoms. The van der Waals surface area contributed by atoms with Gasteiger partial charge in [0, 0.05) is 24.5 Å². The van der Waals surface area contributed by atoms with E-state index in [4.69, 9.17) is 5.11 Å². The lowest BCUT2D eigenvalue weighted by atomic mass is 10.2. The van der Waals surface area contributed by atoms with Crippen molar-refractivity contribution >= 4 is 11.9 Å². The number of carboxylic acid groups (broad SMARTS) is 1. The first-order chi connectivity index (χ1) is 8.66. The van der Waals surface area contributed by atoms with Crippen molar-refractivity contribution in [2.45, 2.75) is 6.54 Å². The fourth-order valence-corrected chi connectivity index (χ4v) is 1.31. The Labute approximate surface area is 102 Å². The van der Waals surface area contributed by atoms with Crippen molar-refractivity contribution in [1.29, 1.82) is 0 Å². The highest BCUT2D eigenvalue weighted by molar-refractivity contribution is 5.94. The number of aromatic amines is 1. The summed E-state index contributed by atoms with van der Waals surface area (Å²) in [5.41, 5.74) is 1.06. The standard InChI is InChI=1S/C11H10N4O3/c16-10(13-3-7-4-14-15-5-7)8-1-2-9(11(17)18)12-6-8/h1-2,4-6H,3H2,(H,13,16)(H,14,15)(H,17,18). The minimum absolute atomic E-state index is 0.0959. The Bertz CT molecular complexity index is 548. The molecule has 0 spiro atoms. The van der Waals surface area contributed by atoms with E-state index in [0.717, 1.165) is 5.56 Å². The zero-order valence-electron chi connectivity index (χ0n) is 9.25. The van der Waals surface area contributed by atoms with E-state index in [2.05, 4.69) is 20.5 Å². The Morgan fingerprint density at radius 2 is 2.17 bits per heavy atom. The molecule has 2 aromatic heterocycles. The minimum Gasteiger partial charge on any atom is -0.477 e. The molecule has 0 saturated carbocycles. The highest BCUT2D eigenvalue weighted by atomic mass is 16.4. The molecule has 0 fully saturated rings. The number of aromatic carboxylic acids is 1. The number of nitrogens with one attached hydrogen (secondary N) is 2. The first-order valence-corrected chi connectivity index (χ1v) is 5.12. The van der Waals surface area contributed by atoms with Crippen molar-refractivity contribution in [2.75, 3.05) is 0 Å². The second-order valence-electron chi connectivity index (χ2n) is 3.53. The molecule has 2 aromatic rings. The number of amides is 1. The summed E-state index contributed by atoms with van der Waals surface area (Å²) in [4.78, 5) is 25.9. The zero-order valence-corrected chi connectivity index (χ0v) is 9.25. The van der Waals surface area contributed by atoms with Gasteiger partial charge in [0.1, 0.15) is 5.69 Å². The van der Waals surface area contributed by atoms with Crippen molar-refractivity contribution in [1.82, 2.24) is 20.5 Å². The van der Waals surface area contributed by atoms with Gasteiger partial charge in [-0.25, -0.2) is 9.78 Å². The van der Waals surface area contributed by atoms with Gasteiger partial charge in [0.2, 0.25) is 0 Å². The zero-order chi connectivity index (χ0) is 13.0. The largest absolute Gasteiger partial charge is 0.477 e. The second-order valence-corrected chi connectivity index (χ2v) is 3.53. The SMILES string of the molecule is O=C(NCc1cn[nH]c1)c1ccc(C(=O)O)nc1. The Kier molecular flexibility index (Phi) is 3.33. The monoisotopic (exact) mass is 246 g/mol. The van der Waals surface area contributed by atoms with Gasteiger partial charge in [0.05, 0.1) is 11.8 Å². The van der Waals surface area contributed by atoms with Crippen molar-refractivity contribution in [3.63, 3.8) is 0 Å². The number of hydrogen-bond acceptors (Lipinski definition) is 4. The van der Waals surface area contributed by atoms with E-state index in [9.17, 15) is 9.59 Å². The summed E-state index contributed by atoms with van der Waals surface area (Å²) in [7, 11) is 0. The van der Waals surface area contributed by atoms with Crippen LogP contribution < -0.4 is 5.32 Å². The quantitative estimate of drug-likeness (QED) is 0.725. The third kappa shape index (κ3) is 2.70. The number of rotatable bonds is 4. The molecule has 92 valence electrons. The molecule has 2 heterocycles. The lowest BCUT2D eigenvalue weighted by molar-refractivity contribution is 0.0689. The predicted octanol–water partition coefficient (Wildman–Crippen LogP) is 0.433. The molecule has 0 aliphatic heterocycles. The topological polar surface area (TPSA) is 108 Å². The number of hydrogen-bond donors (Lipinski definition) is 3. The highest BCUT2D eigenvalue weighted by Gasteiger charge is 2.08. The molecular weight excluding hydrogens is 236 g/mol. The van der Waals surface area contributed by atoms with E-state index in [1.54, 1.807) is 12.4 Å². The number of aromatic nitrogens is 3. The summed E-state index contributed by atoms with van der Waals surface area (Å²) in [6.07, 6.45) is 4.51. The van der Waals surface area contributed by atoms with Crippen LogP contribution in [0.25, 0.3) is 0 Å². The highest BCUT2D eigenvalue weighted by Crippen LogP contribution is 2.01. The molecule has 1 amide bonds. The molecule has 7 heteroatoms. The fraction of sp³-hybridized carbons (Fsp3) is 0.0909. The fourth-order valence-electron chi connectivity index (χ4n) is 1.31. The van der Waals surface area contributed by atoms with Gasteiger partial charge in [-0.15, -0.1) is 0 Å². The van der Waals surface area contributed by atoms with Crippen LogP contribution in [0.3, 0.4) is 0 Å². The van der Waals surface area contributed by atoms with Crippen LogP contribution in [-0.4, -0.2) is 32.2 Å². The van der Waals surface area contributed by atoms with Gasteiger partial charge < -0.3 is 10.4 Å². The average Bonchev–Trinajstić information content (AvgIpc) is 2.89. The van der Waals surface area contributed by atoms with Crippen LogP contribution in [0.5, 0.6) is 0 Å². The maximum atomic E-state index is 11.7. The lowest BCUT2D eigenvalue weighted by Crippen LogP contribution is -2.22. The van der Waals surface area contributed by atoms with Gasteiger partial charge in [-0.05, 0) is 12.1 Å². The molecule has 0 bridgehead atoms. The summed E-state index contributed by atoms with van der Waals surface area (Å²) in [6, 6.07) is 2.70. The van der Waals surface area contributed by atoms with Gasteiger partial charge >= 0.3 is 5.97 Å². The van der Waals surface area contributed by atoms with E-state index >= 15 is 0 Å². The molecule has 0 unspecified atom stereocenters. The number of carbonyl (C=O) groups excluding carboxylic acids is 1. The molecular formula is C11H10N4O3.